The number of benzene rings is 1. The van der Waals surface area contributed by atoms with Gasteiger partial charge in [0, 0.05) is 6.42 Å². The van der Waals surface area contributed by atoms with Crippen molar-refractivity contribution in [1.82, 2.24) is 25.5 Å². The van der Waals surface area contributed by atoms with E-state index in [2.05, 4.69) is 20.8 Å². The number of methoxy groups -OCH3 is 3. The molecule has 9 nitrogen and oxygen atoms in total. The number of ether oxygens (including phenoxy) is 3. The first kappa shape index (κ1) is 17.5. The Hall–Kier alpha value is -2.84. The van der Waals surface area contributed by atoms with Gasteiger partial charge in [-0.15, -0.1) is 5.10 Å². The van der Waals surface area contributed by atoms with E-state index in [1.807, 2.05) is 19.1 Å². The Kier molecular flexibility index (Phi) is 5.94. The van der Waals surface area contributed by atoms with Crippen molar-refractivity contribution >= 4 is 5.91 Å². The highest BCUT2D eigenvalue weighted by Crippen LogP contribution is 2.39. The van der Waals surface area contributed by atoms with E-state index in [0.717, 1.165) is 5.56 Å². The molecule has 9 heteroatoms. The lowest BCUT2D eigenvalue weighted by atomic mass is 10.1. The van der Waals surface area contributed by atoms with Crippen LogP contribution < -0.4 is 19.5 Å². The summed E-state index contributed by atoms with van der Waals surface area (Å²) < 4.78 is 17.5. The van der Waals surface area contributed by atoms with Gasteiger partial charge in [-0.05, 0) is 35.0 Å². The van der Waals surface area contributed by atoms with Crippen molar-refractivity contribution in [2.24, 2.45) is 0 Å². The van der Waals surface area contributed by atoms with Gasteiger partial charge in [0.2, 0.25) is 11.7 Å². The second kappa shape index (κ2) is 8.14. The Bertz CT molecular complexity index is 650. The Balaban J connectivity index is 2.05. The first-order valence-corrected chi connectivity index (χ1v) is 7.39. The molecule has 1 aromatic heterocycles. The number of nitrogens with one attached hydrogen (secondary N) is 1. The molecular formula is C15H21N5O4. The molecule has 2 aromatic rings. The number of carbonyl (C=O) groups is 1. The molecule has 0 aliphatic heterocycles. The normalized spacial score (nSPS) is 11.7. The van der Waals surface area contributed by atoms with Gasteiger partial charge in [-0.1, -0.05) is 0 Å². The molecule has 2 rings (SSSR count). The fourth-order valence-electron chi connectivity index (χ4n) is 2.25. The van der Waals surface area contributed by atoms with Gasteiger partial charge in [0.15, 0.2) is 11.5 Å². The van der Waals surface area contributed by atoms with E-state index in [0.29, 0.717) is 23.8 Å². The predicted octanol–water partition coefficient (Wildman–Crippen LogP) is 0.966. The van der Waals surface area contributed by atoms with Crippen LogP contribution in [0.3, 0.4) is 0 Å². The number of rotatable bonds is 8. The molecule has 1 aromatic carbocycles. The zero-order chi connectivity index (χ0) is 17.5. The third kappa shape index (κ3) is 4.12. The summed E-state index contributed by atoms with van der Waals surface area (Å²) in [4.78, 5) is 12.1. The van der Waals surface area contributed by atoms with Crippen LogP contribution in [-0.2, 0) is 11.3 Å². The number of aromatic nitrogens is 4. The SMILES string of the molecule is COc1cc([C@@H](C)NC(=O)CCn2cnnn2)cc(OC)c1OC. The van der Waals surface area contributed by atoms with Crippen LogP contribution in [0.5, 0.6) is 17.2 Å². The van der Waals surface area contributed by atoms with Crippen LogP contribution in [0, 0.1) is 0 Å². The summed E-state index contributed by atoms with van der Waals surface area (Å²) >= 11 is 0. The highest BCUT2D eigenvalue weighted by molar-refractivity contribution is 5.76. The maximum atomic E-state index is 12.1. The number of amides is 1. The van der Waals surface area contributed by atoms with E-state index in [-0.39, 0.29) is 18.4 Å². The summed E-state index contributed by atoms with van der Waals surface area (Å²) in [5, 5.41) is 13.7. The van der Waals surface area contributed by atoms with Crippen molar-refractivity contribution in [1.29, 1.82) is 0 Å². The average molecular weight is 335 g/mol. The minimum absolute atomic E-state index is 0.105. The summed E-state index contributed by atoms with van der Waals surface area (Å²) in [6.45, 7) is 2.30. The van der Waals surface area contributed by atoms with Crippen LogP contribution in [0.2, 0.25) is 0 Å². The minimum Gasteiger partial charge on any atom is -0.493 e. The van der Waals surface area contributed by atoms with E-state index < -0.39 is 0 Å². The number of aryl methyl sites for hydroxylation is 1. The predicted molar refractivity (Wildman–Crippen MR) is 85.1 cm³/mol. The summed E-state index contributed by atoms with van der Waals surface area (Å²) in [5.74, 6) is 1.50. The quantitative estimate of drug-likeness (QED) is 0.767. The summed E-state index contributed by atoms with van der Waals surface area (Å²) in [6.07, 6.45) is 1.75. The van der Waals surface area contributed by atoms with Crippen LogP contribution in [0.4, 0.5) is 0 Å². The Morgan fingerprint density at radius 2 is 1.88 bits per heavy atom. The average Bonchev–Trinajstić information content (AvgIpc) is 3.11. The van der Waals surface area contributed by atoms with Crippen molar-refractivity contribution in [2.75, 3.05) is 21.3 Å². The molecule has 0 unspecified atom stereocenters. The lowest BCUT2D eigenvalue weighted by molar-refractivity contribution is -0.122. The third-order valence-corrected chi connectivity index (χ3v) is 3.52. The molecule has 0 aliphatic carbocycles. The van der Waals surface area contributed by atoms with Crippen molar-refractivity contribution in [3.05, 3.63) is 24.0 Å². The zero-order valence-corrected chi connectivity index (χ0v) is 14.1. The van der Waals surface area contributed by atoms with E-state index >= 15 is 0 Å². The van der Waals surface area contributed by atoms with E-state index in [9.17, 15) is 4.79 Å². The first-order chi connectivity index (χ1) is 11.6. The van der Waals surface area contributed by atoms with Crippen molar-refractivity contribution in [2.45, 2.75) is 25.9 Å². The Labute approximate surface area is 139 Å². The summed E-state index contributed by atoms with van der Waals surface area (Å²) in [7, 11) is 4.65. The van der Waals surface area contributed by atoms with Gasteiger partial charge < -0.3 is 19.5 Å². The molecule has 1 heterocycles. The smallest absolute Gasteiger partial charge is 0.222 e. The van der Waals surface area contributed by atoms with Gasteiger partial charge in [0.25, 0.3) is 0 Å². The number of hydrogen-bond donors (Lipinski definition) is 1. The number of tetrazole rings is 1. The third-order valence-electron chi connectivity index (χ3n) is 3.52. The number of carbonyl (C=O) groups excluding carboxylic acids is 1. The van der Waals surface area contributed by atoms with Crippen LogP contribution in [0.15, 0.2) is 18.5 Å². The largest absolute Gasteiger partial charge is 0.493 e. The summed E-state index contributed by atoms with van der Waals surface area (Å²) in [6, 6.07) is 3.40. The molecule has 0 bridgehead atoms. The summed E-state index contributed by atoms with van der Waals surface area (Å²) in [5.41, 5.74) is 0.847. The Morgan fingerprint density at radius 1 is 1.21 bits per heavy atom. The highest BCUT2D eigenvalue weighted by atomic mass is 16.5. The molecule has 0 spiro atoms. The lowest BCUT2D eigenvalue weighted by Crippen LogP contribution is -2.27. The van der Waals surface area contributed by atoms with Crippen LogP contribution in [0.25, 0.3) is 0 Å². The first-order valence-electron chi connectivity index (χ1n) is 7.39. The molecule has 0 aliphatic rings. The van der Waals surface area contributed by atoms with E-state index in [1.165, 1.54) is 11.0 Å². The van der Waals surface area contributed by atoms with Crippen molar-refractivity contribution in [3.63, 3.8) is 0 Å². The van der Waals surface area contributed by atoms with Crippen LogP contribution in [-0.4, -0.2) is 47.4 Å². The van der Waals surface area contributed by atoms with Crippen LogP contribution >= 0.6 is 0 Å². The van der Waals surface area contributed by atoms with Gasteiger partial charge in [-0.3, -0.25) is 4.79 Å². The second-order valence-electron chi connectivity index (χ2n) is 5.07. The second-order valence-corrected chi connectivity index (χ2v) is 5.07. The maximum absolute atomic E-state index is 12.1. The van der Waals surface area contributed by atoms with E-state index in [4.69, 9.17) is 14.2 Å². The molecule has 130 valence electrons. The molecule has 0 fully saturated rings. The monoisotopic (exact) mass is 335 g/mol. The standard InChI is InChI=1S/C15H21N5O4/c1-10(17-14(21)5-6-20-9-16-18-19-20)11-7-12(22-2)15(24-4)13(8-11)23-3/h7-10H,5-6H2,1-4H3,(H,17,21)/t10-/m1/s1. The lowest BCUT2D eigenvalue weighted by Gasteiger charge is -2.18. The molecule has 0 saturated heterocycles. The Morgan fingerprint density at radius 3 is 2.38 bits per heavy atom. The molecule has 1 N–H and O–H groups in total. The molecule has 1 atom stereocenters. The van der Waals surface area contributed by atoms with Crippen molar-refractivity contribution in [3.8, 4) is 17.2 Å². The zero-order valence-electron chi connectivity index (χ0n) is 14.1. The number of hydrogen-bond acceptors (Lipinski definition) is 7. The van der Waals surface area contributed by atoms with Gasteiger partial charge >= 0.3 is 0 Å². The van der Waals surface area contributed by atoms with Gasteiger partial charge in [-0.2, -0.15) is 0 Å². The molecular weight excluding hydrogens is 314 g/mol. The molecule has 24 heavy (non-hydrogen) atoms. The molecule has 0 saturated carbocycles. The molecule has 0 radical (unpaired) electrons. The molecule has 1 amide bonds. The fraction of sp³-hybridized carbons (Fsp3) is 0.467. The topological polar surface area (TPSA) is 100 Å². The fourth-order valence-corrected chi connectivity index (χ4v) is 2.25. The minimum atomic E-state index is -0.222. The maximum Gasteiger partial charge on any atom is 0.222 e. The van der Waals surface area contributed by atoms with Gasteiger partial charge in [0.1, 0.15) is 6.33 Å². The number of nitrogens with zero attached hydrogens (tertiary/aromatic N) is 4. The van der Waals surface area contributed by atoms with E-state index in [1.54, 1.807) is 21.3 Å². The van der Waals surface area contributed by atoms with Gasteiger partial charge in [0.05, 0.1) is 33.9 Å². The van der Waals surface area contributed by atoms with Crippen LogP contribution in [0.1, 0.15) is 24.9 Å². The van der Waals surface area contributed by atoms with Crippen molar-refractivity contribution < 1.29 is 19.0 Å². The van der Waals surface area contributed by atoms with Gasteiger partial charge in [-0.25, -0.2) is 4.68 Å². The highest BCUT2D eigenvalue weighted by Gasteiger charge is 2.17.